The highest BCUT2D eigenvalue weighted by Gasteiger charge is 2.16. The van der Waals surface area contributed by atoms with Gasteiger partial charge >= 0.3 is 0 Å². The number of rotatable bonds is 4. The topological polar surface area (TPSA) is 87.6 Å². The van der Waals surface area contributed by atoms with Gasteiger partial charge in [-0.2, -0.15) is 5.21 Å². The molecule has 0 saturated heterocycles. The van der Waals surface area contributed by atoms with Crippen LogP contribution in [0.25, 0.3) is 11.5 Å². The molecule has 2 rings (SSSR count). The van der Waals surface area contributed by atoms with Crippen LogP contribution >= 0.6 is 0 Å². The fraction of sp³-hybridized carbons (Fsp3) is 0.538. The van der Waals surface area contributed by atoms with E-state index in [1.165, 1.54) is 0 Å². The summed E-state index contributed by atoms with van der Waals surface area (Å²) in [6.07, 6.45) is 1.06. The van der Waals surface area contributed by atoms with Crippen molar-refractivity contribution in [2.75, 3.05) is 0 Å². The molecule has 6 heteroatoms. The van der Waals surface area contributed by atoms with Crippen LogP contribution in [0.15, 0.2) is 18.2 Å². The van der Waals surface area contributed by atoms with Crippen molar-refractivity contribution in [2.24, 2.45) is 5.41 Å². The average Bonchev–Trinajstić information content (AvgIpc) is 2.89. The number of aromatic nitrogens is 5. The summed E-state index contributed by atoms with van der Waals surface area (Å²) in [4.78, 5) is 4.38. The van der Waals surface area contributed by atoms with E-state index in [2.05, 4.69) is 46.4 Å². The molecule has 0 aliphatic heterocycles. The van der Waals surface area contributed by atoms with E-state index in [4.69, 9.17) is 0 Å². The van der Waals surface area contributed by atoms with E-state index in [1.807, 2.05) is 12.1 Å². The molecular formula is C13H19N5O. The third-order valence-electron chi connectivity index (χ3n) is 2.85. The van der Waals surface area contributed by atoms with Crippen LogP contribution in [0.3, 0.4) is 0 Å². The molecule has 102 valence electrons. The van der Waals surface area contributed by atoms with Gasteiger partial charge in [0, 0.05) is 0 Å². The zero-order valence-electron chi connectivity index (χ0n) is 11.5. The molecule has 0 bridgehead atoms. The molecule has 1 atom stereocenters. The second-order valence-corrected chi connectivity index (χ2v) is 5.80. The number of pyridine rings is 1. The Bertz CT molecular complexity index is 518. The van der Waals surface area contributed by atoms with Crippen molar-refractivity contribution in [2.45, 2.75) is 39.7 Å². The van der Waals surface area contributed by atoms with Crippen LogP contribution in [0.4, 0.5) is 0 Å². The number of nitrogens with zero attached hydrogens (tertiary/aromatic N) is 4. The van der Waals surface area contributed by atoms with Crippen LogP contribution in [-0.2, 0) is 0 Å². The Labute approximate surface area is 112 Å². The molecule has 2 aromatic rings. The summed E-state index contributed by atoms with van der Waals surface area (Å²) in [6.45, 7) is 6.47. The van der Waals surface area contributed by atoms with Crippen molar-refractivity contribution in [3.8, 4) is 11.5 Å². The third kappa shape index (κ3) is 3.82. The normalized spacial score (nSPS) is 13.5. The minimum atomic E-state index is -0.564. The first kappa shape index (κ1) is 13.6. The monoisotopic (exact) mass is 261 g/mol. The number of H-pyrrole nitrogens is 1. The van der Waals surface area contributed by atoms with Crippen LogP contribution < -0.4 is 0 Å². The maximum Gasteiger partial charge on any atom is 0.222 e. The van der Waals surface area contributed by atoms with Crippen LogP contribution in [0.2, 0.25) is 0 Å². The van der Waals surface area contributed by atoms with Gasteiger partial charge in [-0.25, -0.2) is 4.98 Å². The molecule has 2 N–H and O–H groups in total. The lowest BCUT2D eigenvalue weighted by Gasteiger charge is -2.20. The molecule has 0 aliphatic carbocycles. The Hall–Kier alpha value is -1.82. The van der Waals surface area contributed by atoms with Gasteiger partial charge in [-0.05, 0) is 35.6 Å². The number of hydrogen-bond donors (Lipinski definition) is 2. The van der Waals surface area contributed by atoms with Gasteiger partial charge in [-0.1, -0.05) is 26.8 Å². The number of nitrogens with one attached hydrogen (secondary N) is 1. The Morgan fingerprint density at radius 2 is 2.11 bits per heavy atom. The number of aliphatic hydroxyl groups is 1. The molecular weight excluding hydrogens is 242 g/mol. The van der Waals surface area contributed by atoms with Gasteiger partial charge in [0.1, 0.15) is 5.69 Å². The predicted octanol–water partition coefficient (Wildman–Crippen LogP) is 2.12. The smallest absolute Gasteiger partial charge is 0.222 e. The summed E-state index contributed by atoms with van der Waals surface area (Å²) < 4.78 is 0. The van der Waals surface area contributed by atoms with Crippen LogP contribution in [0, 0.1) is 5.41 Å². The standard InChI is InChI=1S/C13H19N5O/c1-13(2,3)8-7-11(19)9-5-4-6-10(14-9)12-15-17-18-16-12/h4-6,11,19H,7-8H2,1-3H3,(H,15,16,17,18)/t11-/m0/s1. The lowest BCUT2D eigenvalue weighted by molar-refractivity contribution is 0.143. The van der Waals surface area contributed by atoms with Crippen LogP contribution in [0.5, 0.6) is 0 Å². The number of tetrazole rings is 1. The minimum absolute atomic E-state index is 0.201. The molecule has 0 aliphatic rings. The molecule has 0 spiro atoms. The number of aromatic amines is 1. The average molecular weight is 261 g/mol. The first-order chi connectivity index (χ1) is 8.96. The number of hydrogen-bond acceptors (Lipinski definition) is 5. The van der Waals surface area contributed by atoms with Gasteiger partial charge in [-0.15, -0.1) is 10.2 Å². The van der Waals surface area contributed by atoms with Crippen molar-refractivity contribution in [1.82, 2.24) is 25.6 Å². The third-order valence-corrected chi connectivity index (χ3v) is 2.85. The van der Waals surface area contributed by atoms with Gasteiger partial charge in [0.2, 0.25) is 5.82 Å². The Morgan fingerprint density at radius 3 is 2.74 bits per heavy atom. The molecule has 0 radical (unpaired) electrons. The molecule has 6 nitrogen and oxygen atoms in total. The van der Waals surface area contributed by atoms with E-state index < -0.39 is 6.10 Å². The summed E-state index contributed by atoms with van der Waals surface area (Å²) in [5.41, 5.74) is 1.46. The van der Waals surface area contributed by atoms with E-state index >= 15 is 0 Å². The molecule has 0 amide bonds. The fourth-order valence-electron chi connectivity index (χ4n) is 1.75. The largest absolute Gasteiger partial charge is 0.387 e. The molecule has 0 aromatic carbocycles. The van der Waals surface area contributed by atoms with Gasteiger partial charge in [0.25, 0.3) is 0 Å². The van der Waals surface area contributed by atoms with Gasteiger partial charge in [0.15, 0.2) is 0 Å². The van der Waals surface area contributed by atoms with Crippen LogP contribution in [-0.4, -0.2) is 30.7 Å². The SMILES string of the molecule is CC(C)(C)CC[C@H](O)c1cccc(-c2nn[nH]n2)n1. The highest BCUT2D eigenvalue weighted by molar-refractivity contribution is 5.47. The molecule has 0 saturated carbocycles. The molecule has 2 aromatic heterocycles. The van der Waals surface area contributed by atoms with Crippen molar-refractivity contribution in [3.63, 3.8) is 0 Å². The van der Waals surface area contributed by atoms with Crippen molar-refractivity contribution < 1.29 is 5.11 Å². The highest BCUT2D eigenvalue weighted by atomic mass is 16.3. The van der Waals surface area contributed by atoms with Crippen molar-refractivity contribution >= 4 is 0 Å². The predicted molar refractivity (Wildman–Crippen MR) is 71.1 cm³/mol. The van der Waals surface area contributed by atoms with Gasteiger partial charge in [-0.3, -0.25) is 0 Å². The first-order valence-corrected chi connectivity index (χ1v) is 6.34. The lowest BCUT2D eigenvalue weighted by atomic mass is 9.89. The van der Waals surface area contributed by atoms with Gasteiger partial charge < -0.3 is 5.11 Å². The van der Waals surface area contributed by atoms with Crippen molar-refractivity contribution in [3.05, 3.63) is 23.9 Å². The Balaban J connectivity index is 2.10. The summed E-state index contributed by atoms with van der Waals surface area (Å²) in [5.74, 6) is 0.435. The zero-order valence-corrected chi connectivity index (χ0v) is 11.5. The second kappa shape index (κ2) is 5.44. The molecule has 19 heavy (non-hydrogen) atoms. The quantitative estimate of drug-likeness (QED) is 0.880. The minimum Gasteiger partial charge on any atom is -0.387 e. The van der Waals surface area contributed by atoms with E-state index in [-0.39, 0.29) is 5.41 Å². The summed E-state index contributed by atoms with van der Waals surface area (Å²) in [7, 11) is 0. The van der Waals surface area contributed by atoms with Crippen LogP contribution in [0.1, 0.15) is 45.4 Å². The summed E-state index contributed by atoms with van der Waals surface area (Å²) in [6, 6.07) is 5.45. The molecule has 0 fully saturated rings. The zero-order chi connectivity index (χ0) is 13.9. The second-order valence-electron chi connectivity index (χ2n) is 5.80. The highest BCUT2D eigenvalue weighted by Crippen LogP contribution is 2.27. The molecule has 2 heterocycles. The van der Waals surface area contributed by atoms with Gasteiger partial charge in [0.05, 0.1) is 11.8 Å². The lowest BCUT2D eigenvalue weighted by Crippen LogP contribution is -2.09. The summed E-state index contributed by atoms with van der Waals surface area (Å²) >= 11 is 0. The first-order valence-electron chi connectivity index (χ1n) is 6.34. The maximum atomic E-state index is 10.2. The maximum absolute atomic E-state index is 10.2. The van der Waals surface area contributed by atoms with E-state index in [1.54, 1.807) is 6.07 Å². The van der Waals surface area contributed by atoms with E-state index in [0.29, 0.717) is 23.6 Å². The molecule has 0 unspecified atom stereocenters. The Morgan fingerprint density at radius 1 is 1.32 bits per heavy atom. The summed E-state index contributed by atoms with van der Waals surface area (Å²) in [5, 5.41) is 23.8. The Kier molecular flexibility index (Phi) is 3.90. The van der Waals surface area contributed by atoms with E-state index in [9.17, 15) is 5.11 Å². The van der Waals surface area contributed by atoms with Crippen molar-refractivity contribution in [1.29, 1.82) is 0 Å². The fourth-order valence-corrected chi connectivity index (χ4v) is 1.75. The van der Waals surface area contributed by atoms with E-state index in [0.717, 1.165) is 6.42 Å². The number of aliphatic hydroxyl groups excluding tert-OH is 1.